The lowest BCUT2D eigenvalue weighted by atomic mass is 10.0. The van der Waals surface area contributed by atoms with E-state index in [0.717, 1.165) is 76.5 Å². The van der Waals surface area contributed by atoms with Crippen LogP contribution in [0.25, 0.3) is 0 Å². The molecule has 0 fully saturated rings. The Labute approximate surface area is 311 Å². The van der Waals surface area contributed by atoms with Crippen LogP contribution in [0.5, 0.6) is 0 Å². The molecule has 0 spiro atoms. The number of unbranched alkanes of at least 4 members (excludes halogenated alkanes) is 20. The van der Waals surface area contributed by atoms with Crippen molar-refractivity contribution in [2.24, 2.45) is 5.92 Å². The molecule has 298 valence electrons. The van der Waals surface area contributed by atoms with Gasteiger partial charge in [-0.3, -0.25) is 18.9 Å². The fourth-order valence-electron chi connectivity index (χ4n) is 5.77. The van der Waals surface area contributed by atoms with E-state index >= 15 is 0 Å². The number of hydrogen-bond acceptors (Lipinski definition) is 7. The summed E-state index contributed by atoms with van der Waals surface area (Å²) in [7, 11) is -4.77. The number of ketones is 1. The van der Waals surface area contributed by atoms with Crippen molar-refractivity contribution < 1.29 is 42.7 Å². The second-order valence-electron chi connectivity index (χ2n) is 14.5. The highest BCUT2D eigenvalue weighted by molar-refractivity contribution is 7.46. The molecule has 0 aromatic heterocycles. The van der Waals surface area contributed by atoms with Crippen molar-refractivity contribution in [3.63, 3.8) is 0 Å². The van der Waals surface area contributed by atoms with Gasteiger partial charge in [-0.25, -0.2) is 4.57 Å². The molecule has 0 aliphatic rings. The number of carbonyl (C=O) groups is 3. The molecule has 0 bridgehead atoms. The molecule has 0 saturated carbocycles. The fourth-order valence-corrected chi connectivity index (χ4v) is 6.14. The molecule has 0 amide bonds. The maximum atomic E-state index is 12.4. The molecule has 51 heavy (non-hydrogen) atoms. The van der Waals surface area contributed by atoms with Gasteiger partial charge in [-0.15, -0.1) is 0 Å². The Hall–Kier alpha value is -1.80. The van der Waals surface area contributed by atoms with Gasteiger partial charge >= 0.3 is 19.8 Å². The van der Waals surface area contributed by atoms with Gasteiger partial charge in [0.1, 0.15) is 6.61 Å². The molecule has 0 aromatic rings. The molecule has 2 N–H and O–H groups in total. The average molecular weight is 743 g/mol. The van der Waals surface area contributed by atoms with Gasteiger partial charge in [0.15, 0.2) is 11.9 Å². The Morgan fingerprint density at radius 1 is 0.608 bits per heavy atom. The first-order valence-corrected chi connectivity index (χ1v) is 22.0. The smallest absolute Gasteiger partial charge is 0.462 e. The van der Waals surface area contributed by atoms with Crippen LogP contribution in [-0.2, 0) is 32.9 Å². The zero-order chi connectivity index (χ0) is 37.8. The molecule has 0 aliphatic heterocycles. The largest absolute Gasteiger partial charge is 0.469 e. The highest BCUT2D eigenvalue weighted by atomic mass is 31.2. The van der Waals surface area contributed by atoms with Gasteiger partial charge in [-0.05, 0) is 44.1 Å². The van der Waals surface area contributed by atoms with E-state index < -0.39 is 32.5 Å². The topological polar surface area (TPSA) is 136 Å². The Balaban J connectivity index is 3.97. The summed E-state index contributed by atoms with van der Waals surface area (Å²) in [6.45, 7) is 5.85. The number of allylic oxidation sites excluding steroid dienone is 4. The van der Waals surface area contributed by atoms with Gasteiger partial charge in [0.2, 0.25) is 0 Å². The number of esters is 2. The van der Waals surface area contributed by atoms with Crippen LogP contribution in [0, 0.1) is 5.92 Å². The van der Waals surface area contributed by atoms with E-state index in [9.17, 15) is 18.9 Å². The monoisotopic (exact) mass is 743 g/mol. The predicted molar refractivity (Wildman–Crippen MR) is 207 cm³/mol. The number of ether oxygens (including phenoxy) is 2. The molecule has 0 radical (unpaired) electrons. The average Bonchev–Trinajstić information content (AvgIpc) is 3.07. The van der Waals surface area contributed by atoms with Crippen LogP contribution < -0.4 is 0 Å². The summed E-state index contributed by atoms with van der Waals surface area (Å²) in [5.74, 6) is 0.0596. The van der Waals surface area contributed by atoms with Crippen molar-refractivity contribution in [3.8, 4) is 0 Å². The Kier molecular flexibility index (Phi) is 34.0. The van der Waals surface area contributed by atoms with Crippen LogP contribution in [-0.4, -0.2) is 46.8 Å². The van der Waals surface area contributed by atoms with Gasteiger partial charge in [-0.1, -0.05) is 161 Å². The van der Waals surface area contributed by atoms with Crippen LogP contribution in [0.3, 0.4) is 0 Å². The van der Waals surface area contributed by atoms with Crippen molar-refractivity contribution in [1.82, 2.24) is 0 Å². The summed E-state index contributed by atoms with van der Waals surface area (Å²) < 4.78 is 26.3. The van der Waals surface area contributed by atoms with E-state index in [4.69, 9.17) is 19.3 Å². The van der Waals surface area contributed by atoms with E-state index in [-0.39, 0.29) is 25.2 Å². The fraction of sp³-hybridized carbons (Fsp3) is 0.829. The lowest BCUT2D eigenvalue weighted by Gasteiger charge is -2.18. The first kappa shape index (κ1) is 49.2. The first-order valence-electron chi connectivity index (χ1n) is 20.4. The maximum Gasteiger partial charge on any atom is 0.469 e. The zero-order valence-electron chi connectivity index (χ0n) is 32.7. The van der Waals surface area contributed by atoms with Crippen LogP contribution >= 0.6 is 7.82 Å². The van der Waals surface area contributed by atoms with Crippen LogP contribution in [0.1, 0.15) is 194 Å². The minimum absolute atomic E-state index is 0.174. The van der Waals surface area contributed by atoms with Crippen molar-refractivity contribution in [3.05, 3.63) is 24.3 Å². The number of phosphoric ester groups is 1. The number of phosphoric acid groups is 1. The van der Waals surface area contributed by atoms with Gasteiger partial charge in [0.05, 0.1) is 6.61 Å². The lowest BCUT2D eigenvalue weighted by Crippen LogP contribution is -2.29. The summed E-state index contributed by atoms with van der Waals surface area (Å²) in [6, 6.07) is 0. The number of hydrogen-bond donors (Lipinski definition) is 2. The first-order chi connectivity index (χ1) is 24.5. The Morgan fingerprint density at radius 3 is 1.63 bits per heavy atom. The van der Waals surface area contributed by atoms with Crippen LogP contribution in [0.2, 0.25) is 0 Å². The lowest BCUT2D eigenvalue weighted by molar-refractivity contribution is -0.161. The third kappa shape index (κ3) is 39.2. The SMILES string of the molecule is CCCCCC(=O)/C=C/C=C\CCCCCCCC(=O)OC[C@H](COP(=O)(O)O)OC(=O)CCCCCCCCCCCCCCCCC(C)C. The van der Waals surface area contributed by atoms with Crippen LogP contribution in [0.4, 0.5) is 0 Å². The van der Waals surface area contributed by atoms with E-state index in [0.29, 0.717) is 19.3 Å². The van der Waals surface area contributed by atoms with Crippen LogP contribution in [0.15, 0.2) is 24.3 Å². The predicted octanol–water partition coefficient (Wildman–Crippen LogP) is 11.4. The summed E-state index contributed by atoms with van der Waals surface area (Å²) in [4.78, 5) is 54.5. The summed E-state index contributed by atoms with van der Waals surface area (Å²) in [6.07, 6.45) is 34.5. The van der Waals surface area contributed by atoms with Gasteiger partial charge < -0.3 is 19.3 Å². The summed E-state index contributed by atoms with van der Waals surface area (Å²) in [5.41, 5.74) is 0. The van der Waals surface area contributed by atoms with Gasteiger partial charge in [-0.2, -0.15) is 0 Å². The molecule has 0 unspecified atom stereocenters. The van der Waals surface area contributed by atoms with E-state index in [2.05, 4.69) is 31.4 Å². The third-order valence-electron chi connectivity index (χ3n) is 8.88. The zero-order valence-corrected chi connectivity index (χ0v) is 33.6. The van der Waals surface area contributed by atoms with Crippen molar-refractivity contribution in [2.45, 2.75) is 200 Å². The van der Waals surface area contributed by atoms with Crippen molar-refractivity contribution >= 4 is 25.5 Å². The van der Waals surface area contributed by atoms with Gasteiger partial charge in [0.25, 0.3) is 0 Å². The number of rotatable bonds is 37. The summed E-state index contributed by atoms with van der Waals surface area (Å²) in [5, 5.41) is 0. The third-order valence-corrected chi connectivity index (χ3v) is 9.36. The number of carbonyl (C=O) groups excluding carboxylic acids is 3. The highest BCUT2D eigenvalue weighted by Gasteiger charge is 2.22. The molecule has 1 atom stereocenters. The standard InChI is InChI=1S/C41H75O9P/c1-4-5-25-31-38(42)32-27-22-18-14-12-16-19-23-28-33-40(43)48-35-39(36-49-51(45,46)47)50-41(44)34-29-24-20-15-11-9-7-6-8-10-13-17-21-26-30-37(2)3/h18,22,27,32,37,39H,4-17,19-21,23-26,28-31,33-36H2,1-3H3,(H2,45,46,47)/b22-18-,32-27+/t39-/m1/s1. The second kappa shape index (κ2) is 35.2. The molecule has 10 heteroatoms. The van der Waals surface area contributed by atoms with E-state index in [1.54, 1.807) is 6.08 Å². The molecule has 0 rings (SSSR count). The molecule has 0 saturated heterocycles. The molecule has 9 nitrogen and oxygen atoms in total. The normalized spacial score (nSPS) is 12.7. The quantitative estimate of drug-likeness (QED) is 0.0209. The summed E-state index contributed by atoms with van der Waals surface area (Å²) >= 11 is 0. The van der Waals surface area contributed by atoms with Gasteiger partial charge in [0, 0.05) is 19.3 Å². The molecular formula is C41H75O9P. The molecule has 0 aromatic carbocycles. The van der Waals surface area contributed by atoms with Crippen molar-refractivity contribution in [2.75, 3.05) is 13.2 Å². The minimum Gasteiger partial charge on any atom is -0.462 e. The second-order valence-corrected chi connectivity index (χ2v) is 15.7. The molecular weight excluding hydrogens is 667 g/mol. The highest BCUT2D eigenvalue weighted by Crippen LogP contribution is 2.36. The Bertz CT molecular complexity index is 957. The van der Waals surface area contributed by atoms with Crippen molar-refractivity contribution in [1.29, 1.82) is 0 Å². The maximum absolute atomic E-state index is 12.4. The molecule has 0 aliphatic carbocycles. The minimum atomic E-state index is -4.77. The molecule has 0 heterocycles. The Morgan fingerprint density at radius 2 is 1.10 bits per heavy atom. The van der Waals surface area contributed by atoms with E-state index in [1.165, 1.54) is 70.6 Å². The van der Waals surface area contributed by atoms with E-state index in [1.807, 2.05) is 12.2 Å².